The van der Waals surface area contributed by atoms with Gasteiger partial charge in [0, 0.05) is 23.5 Å². The van der Waals surface area contributed by atoms with Crippen molar-refractivity contribution >= 4 is 54.4 Å². The highest BCUT2D eigenvalue weighted by Gasteiger charge is 2.25. The summed E-state index contributed by atoms with van der Waals surface area (Å²) in [5.41, 5.74) is 2.16. The molecule has 0 bridgehead atoms. The number of thioether (sulfide) groups is 1. The first-order valence-electron chi connectivity index (χ1n) is 11.5. The molecule has 9 heteroatoms. The molecule has 4 rings (SSSR count). The number of carbonyl (C=O) groups excluding carboxylic acids is 1. The predicted octanol–water partition coefficient (Wildman–Crippen LogP) is 6.23. The lowest BCUT2D eigenvalue weighted by Crippen LogP contribution is -2.32. The van der Waals surface area contributed by atoms with Crippen molar-refractivity contribution in [2.45, 2.75) is 16.3 Å². The molecule has 0 atom stereocenters. The van der Waals surface area contributed by atoms with Crippen molar-refractivity contribution in [3.05, 3.63) is 109 Å². The third-order valence-corrected chi connectivity index (χ3v) is 9.26. The van der Waals surface area contributed by atoms with Crippen molar-refractivity contribution in [3.8, 4) is 0 Å². The van der Waals surface area contributed by atoms with Gasteiger partial charge in [-0.3, -0.25) is 9.69 Å². The summed E-state index contributed by atoms with van der Waals surface area (Å²) in [5, 5.41) is 0.585. The van der Waals surface area contributed by atoms with E-state index in [1.54, 1.807) is 28.8 Å². The lowest BCUT2D eigenvalue weighted by Gasteiger charge is -2.21. The van der Waals surface area contributed by atoms with Crippen LogP contribution in [0.15, 0.2) is 108 Å². The summed E-state index contributed by atoms with van der Waals surface area (Å²) in [6.07, 6.45) is 5.08. The van der Waals surface area contributed by atoms with Gasteiger partial charge in [0.1, 0.15) is 0 Å². The number of thiazole rings is 1. The molecule has 6 nitrogen and oxygen atoms in total. The van der Waals surface area contributed by atoms with Crippen LogP contribution < -0.4 is 4.90 Å². The molecule has 190 valence electrons. The second-order valence-electron chi connectivity index (χ2n) is 8.13. The third kappa shape index (κ3) is 6.02. The van der Waals surface area contributed by atoms with Crippen LogP contribution in [0.4, 0.5) is 5.13 Å². The van der Waals surface area contributed by atoms with Crippen molar-refractivity contribution in [1.29, 1.82) is 0 Å². The fourth-order valence-electron chi connectivity index (χ4n) is 3.76. The van der Waals surface area contributed by atoms with Crippen LogP contribution in [0.5, 0.6) is 0 Å². The van der Waals surface area contributed by atoms with E-state index in [4.69, 9.17) is 4.98 Å². The first-order valence-corrected chi connectivity index (χ1v) is 15.0. The van der Waals surface area contributed by atoms with E-state index < -0.39 is 10.0 Å². The van der Waals surface area contributed by atoms with Gasteiger partial charge < -0.3 is 0 Å². The van der Waals surface area contributed by atoms with Crippen LogP contribution in [0, 0.1) is 0 Å². The summed E-state index contributed by atoms with van der Waals surface area (Å²) in [4.78, 5) is 21.4. The smallest absolute Gasteiger partial charge is 0.260 e. The lowest BCUT2D eigenvalue weighted by atomic mass is 10.1. The number of fused-ring (bicyclic) bond motifs is 1. The van der Waals surface area contributed by atoms with E-state index in [-0.39, 0.29) is 23.9 Å². The van der Waals surface area contributed by atoms with E-state index in [1.807, 2.05) is 48.7 Å². The molecule has 3 aromatic carbocycles. The molecule has 0 aliphatic heterocycles. The highest BCUT2D eigenvalue weighted by atomic mass is 32.2. The molecule has 1 heterocycles. The fourth-order valence-corrected chi connectivity index (χ4v) is 6.66. The van der Waals surface area contributed by atoms with Crippen molar-refractivity contribution in [3.63, 3.8) is 0 Å². The SMILES string of the molecule is C=CCN(CC=C)S(=O)(=O)c1ccc(C(=O)N(Cc2ccccc2)c2nc3ccc(SC)cc3s2)cc1. The maximum atomic E-state index is 13.8. The van der Waals surface area contributed by atoms with Crippen LogP contribution in [0.3, 0.4) is 0 Å². The maximum Gasteiger partial charge on any atom is 0.260 e. The number of hydrogen-bond donors (Lipinski definition) is 0. The molecule has 0 aliphatic carbocycles. The number of benzene rings is 3. The summed E-state index contributed by atoms with van der Waals surface area (Å²) in [7, 11) is -3.76. The minimum Gasteiger partial charge on any atom is -0.279 e. The van der Waals surface area contributed by atoms with Crippen LogP contribution in [0.25, 0.3) is 10.2 Å². The summed E-state index contributed by atoms with van der Waals surface area (Å²) < 4.78 is 28.4. The Morgan fingerprint density at radius 1 is 1.00 bits per heavy atom. The van der Waals surface area contributed by atoms with Crippen LogP contribution in [-0.4, -0.2) is 43.0 Å². The zero-order chi connectivity index (χ0) is 26.4. The van der Waals surface area contributed by atoms with Crippen LogP contribution in [0.1, 0.15) is 15.9 Å². The number of nitrogens with zero attached hydrogens (tertiary/aromatic N) is 3. The van der Waals surface area contributed by atoms with Crippen molar-refractivity contribution in [2.75, 3.05) is 24.2 Å². The maximum absolute atomic E-state index is 13.8. The molecule has 0 unspecified atom stereocenters. The van der Waals surface area contributed by atoms with Crippen molar-refractivity contribution in [1.82, 2.24) is 9.29 Å². The van der Waals surface area contributed by atoms with Gasteiger partial charge in [-0.15, -0.1) is 24.9 Å². The average molecular weight is 550 g/mol. The second-order valence-corrected chi connectivity index (χ2v) is 12.0. The van der Waals surface area contributed by atoms with E-state index in [2.05, 4.69) is 19.2 Å². The summed E-state index contributed by atoms with van der Waals surface area (Å²) in [5.74, 6) is -0.258. The average Bonchev–Trinajstić information content (AvgIpc) is 3.35. The number of sulfonamides is 1. The molecule has 37 heavy (non-hydrogen) atoms. The lowest BCUT2D eigenvalue weighted by molar-refractivity contribution is 0.0985. The van der Waals surface area contributed by atoms with Crippen LogP contribution >= 0.6 is 23.1 Å². The molecule has 0 saturated heterocycles. The molecule has 0 saturated carbocycles. The zero-order valence-corrected chi connectivity index (χ0v) is 22.9. The van der Waals surface area contributed by atoms with Gasteiger partial charge in [0.05, 0.1) is 21.7 Å². The molecule has 0 fully saturated rings. The van der Waals surface area contributed by atoms with Gasteiger partial charge in [0.15, 0.2) is 5.13 Å². The summed E-state index contributed by atoms with van der Waals surface area (Å²) >= 11 is 3.11. The number of aromatic nitrogens is 1. The Morgan fingerprint density at radius 2 is 1.68 bits per heavy atom. The van der Waals surface area contributed by atoms with E-state index in [9.17, 15) is 13.2 Å². The molecule has 1 aromatic heterocycles. The van der Waals surface area contributed by atoms with Gasteiger partial charge in [-0.05, 0) is 54.3 Å². The molecule has 0 aliphatic rings. The monoisotopic (exact) mass is 549 g/mol. The Morgan fingerprint density at radius 3 is 2.30 bits per heavy atom. The third-order valence-electron chi connectivity index (χ3n) is 5.65. The first kappa shape index (κ1) is 26.8. The van der Waals surface area contributed by atoms with Crippen molar-refractivity contribution in [2.24, 2.45) is 0 Å². The highest BCUT2D eigenvalue weighted by molar-refractivity contribution is 7.98. The van der Waals surface area contributed by atoms with E-state index in [0.29, 0.717) is 17.2 Å². The molecule has 1 amide bonds. The van der Waals surface area contributed by atoms with Gasteiger partial charge in [0.25, 0.3) is 5.91 Å². The quantitative estimate of drug-likeness (QED) is 0.164. The molecular weight excluding hydrogens is 523 g/mol. The van der Waals surface area contributed by atoms with Crippen LogP contribution in [-0.2, 0) is 16.6 Å². The minimum atomic E-state index is -3.76. The molecule has 0 radical (unpaired) electrons. The van der Waals surface area contributed by atoms with E-state index in [0.717, 1.165) is 20.7 Å². The van der Waals surface area contributed by atoms with Gasteiger partial charge in [-0.1, -0.05) is 53.8 Å². The number of hydrogen-bond acceptors (Lipinski definition) is 6. The van der Waals surface area contributed by atoms with E-state index >= 15 is 0 Å². The Labute approximate surface area is 226 Å². The Hall–Kier alpha value is -3.24. The number of carbonyl (C=O) groups is 1. The van der Waals surface area contributed by atoms with Gasteiger partial charge in [0.2, 0.25) is 10.0 Å². The number of anilines is 1. The minimum absolute atomic E-state index is 0.104. The molecular formula is C28H27N3O3S3. The highest BCUT2D eigenvalue weighted by Crippen LogP contribution is 2.33. The Kier molecular flexibility index (Phi) is 8.60. The molecule has 4 aromatic rings. The van der Waals surface area contributed by atoms with Gasteiger partial charge >= 0.3 is 0 Å². The van der Waals surface area contributed by atoms with Gasteiger partial charge in [-0.25, -0.2) is 13.4 Å². The summed E-state index contributed by atoms with van der Waals surface area (Å²) in [6, 6.07) is 21.8. The molecule has 0 spiro atoms. The molecule has 0 N–H and O–H groups in total. The van der Waals surface area contributed by atoms with E-state index in [1.165, 1.54) is 39.9 Å². The number of amides is 1. The summed E-state index contributed by atoms with van der Waals surface area (Å²) in [6.45, 7) is 7.94. The Bertz CT molecular complexity index is 1500. The number of rotatable bonds is 11. The van der Waals surface area contributed by atoms with Gasteiger partial charge in [-0.2, -0.15) is 4.31 Å². The Balaban J connectivity index is 1.69. The van der Waals surface area contributed by atoms with Crippen molar-refractivity contribution < 1.29 is 13.2 Å². The standard InChI is InChI=1S/C28H27N3O3S3/c1-4-17-30(18-5-2)37(33,34)24-14-11-22(12-15-24)27(32)31(20-21-9-7-6-8-10-21)28-29-25-16-13-23(35-3)19-26(25)36-28/h4-16,19H,1-2,17-18,20H2,3H3. The fraction of sp³-hybridized carbons (Fsp3) is 0.143. The topological polar surface area (TPSA) is 70.6 Å². The predicted molar refractivity (Wildman–Crippen MR) is 154 cm³/mol. The normalized spacial score (nSPS) is 11.5. The zero-order valence-electron chi connectivity index (χ0n) is 20.4. The first-order chi connectivity index (χ1) is 17.9. The van der Waals surface area contributed by atoms with Crippen LogP contribution in [0.2, 0.25) is 0 Å². The largest absolute Gasteiger partial charge is 0.279 e. The second kappa shape index (κ2) is 11.9.